The second-order valence-electron chi connectivity index (χ2n) is 6.57. The van der Waals surface area contributed by atoms with Crippen LogP contribution in [0.1, 0.15) is 37.2 Å². The van der Waals surface area contributed by atoms with E-state index in [0.29, 0.717) is 37.6 Å². The second-order valence-corrected chi connectivity index (χ2v) is 7.29. The van der Waals surface area contributed by atoms with Crippen LogP contribution in [0.3, 0.4) is 0 Å². The lowest BCUT2D eigenvalue weighted by atomic mass is 10.0. The molecular formula is C15H19N3O3S. The fraction of sp³-hybridized carbons (Fsp3) is 0.667. The Kier molecular flexibility index (Phi) is 3.06. The van der Waals surface area contributed by atoms with Gasteiger partial charge in [-0.3, -0.25) is 9.59 Å². The van der Waals surface area contributed by atoms with E-state index in [1.807, 2.05) is 4.90 Å². The van der Waals surface area contributed by atoms with Crippen molar-refractivity contribution < 1.29 is 14.3 Å². The largest absolute Gasteiger partial charge is 0.351 e. The van der Waals surface area contributed by atoms with Gasteiger partial charge in [-0.05, 0) is 5.92 Å². The number of carbonyl (C=O) groups is 2. The highest BCUT2D eigenvalue weighted by Crippen LogP contribution is 2.49. The van der Waals surface area contributed by atoms with Gasteiger partial charge in [-0.15, -0.1) is 11.3 Å². The summed E-state index contributed by atoms with van der Waals surface area (Å²) in [5.74, 6) is 0.372. The molecule has 1 spiro atoms. The molecule has 0 unspecified atom stereocenters. The number of likely N-dealkylation sites (tertiary alicyclic amines) is 1. The number of hydrogen-bond acceptors (Lipinski definition) is 5. The van der Waals surface area contributed by atoms with Gasteiger partial charge >= 0.3 is 0 Å². The molecule has 1 aromatic heterocycles. The van der Waals surface area contributed by atoms with E-state index in [-0.39, 0.29) is 23.9 Å². The first kappa shape index (κ1) is 14.1. The van der Waals surface area contributed by atoms with Gasteiger partial charge in [0.2, 0.25) is 5.91 Å². The third-order valence-corrected chi connectivity index (χ3v) is 5.76. The van der Waals surface area contributed by atoms with E-state index in [0.717, 1.165) is 0 Å². The summed E-state index contributed by atoms with van der Waals surface area (Å²) in [4.78, 5) is 33.0. The quantitative estimate of drug-likeness (QED) is 0.825. The summed E-state index contributed by atoms with van der Waals surface area (Å²) in [5.41, 5.74) is 1.52. The molecule has 7 heteroatoms. The first-order valence-corrected chi connectivity index (χ1v) is 8.64. The van der Waals surface area contributed by atoms with Crippen LogP contribution in [0.4, 0.5) is 0 Å². The number of ether oxygens (including phenoxy) is 1. The maximum absolute atomic E-state index is 12.6. The van der Waals surface area contributed by atoms with Gasteiger partial charge in [-0.2, -0.15) is 0 Å². The summed E-state index contributed by atoms with van der Waals surface area (Å²) in [6.45, 7) is 5.41. The molecule has 6 nitrogen and oxygen atoms in total. The molecule has 22 heavy (non-hydrogen) atoms. The van der Waals surface area contributed by atoms with Crippen LogP contribution in [0.2, 0.25) is 0 Å². The Balaban J connectivity index is 1.65. The van der Waals surface area contributed by atoms with E-state index in [1.54, 1.807) is 15.8 Å². The highest BCUT2D eigenvalue weighted by molar-refractivity contribution is 7.07. The average molecular weight is 321 g/mol. The van der Waals surface area contributed by atoms with Crippen molar-refractivity contribution in [3.8, 4) is 0 Å². The summed E-state index contributed by atoms with van der Waals surface area (Å²) < 4.78 is 6.12. The van der Waals surface area contributed by atoms with Crippen LogP contribution in [0.5, 0.6) is 0 Å². The Morgan fingerprint density at radius 1 is 1.55 bits per heavy atom. The average Bonchev–Trinajstić information content (AvgIpc) is 3.20. The third kappa shape index (κ3) is 1.72. The molecule has 2 amide bonds. The van der Waals surface area contributed by atoms with E-state index in [4.69, 9.17) is 4.74 Å². The Labute approximate surface area is 133 Å². The van der Waals surface area contributed by atoms with Crippen molar-refractivity contribution in [2.45, 2.75) is 44.5 Å². The smallest absolute Gasteiger partial charge is 0.273 e. The first-order chi connectivity index (χ1) is 10.5. The number of nitrogens with zero attached hydrogens (tertiary/aromatic N) is 3. The molecule has 118 valence electrons. The van der Waals surface area contributed by atoms with Crippen molar-refractivity contribution in [2.24, 2.45) is 5.92 Å². The van der Waals surface area contributed by atoms with E-state index < -0.39 is 5.72 Å². The summed E-state index contributed by atoms with van der Waals surface area (Å²) in [6.07, 6.45) is 1.06. The lowest BCUT2D eigenvalue weighted by molar-refractivity contribution is -0.139. The van der Waals surface area contributed by atoms with Crippen molar-refractivity contribution in [1.82, 2.24) is 14.8 Å². The zero-order valence-corrected chi connectivity index (χ0v) is 13.5. The highest BCUT2D eigenvalue weighted by atomic mass is 32.1. The summed E-state index contributed by atoms with van der Waals surface area (Å²) in [5, 5.41) is 1.76. The molecule has 0 radical (unpaired) electrons. The van der Waals surface area contributed by atoms with Crippen LogP contribution in [0.25, 0.3) is 0 Å². The Hall–Kier alpha value is -1.47. The topological polar surface area (TPSA) is 62.7 Å². The third-order valence-electron chi connectivity index (χ3n) is 5.17. The van der Waals surface area contributed by atoms with Gasteiger partial charge in [0, 0.05) is 18.3 Å². The standard InChI is InChI=1S/C15H19N3O3S/c1-9(2)11-6-21-15-3-4-17(12(15)5-13(19)18(11)15)14(20)10-7-22-8-16-10/h7-9,11-12H,3-6H2,1-2H3/t11-,12+,15-/m0/s1. The van der Waals surface area contributed by atoms with Crippen LogP contribution in [-0.4, -0.2) is 57.6 Å². The zero-order chi connectivity index (χ0) is 15.5. The van der Waals surface area contributed by atoms with Gasteiger partial charge in [0.05, 0.1) is 30.6 Å². The van der Waals surface area contributed by atoms with Crippen molar-refractivity contribution in [3.05, 3.63) is 16.6 Å². The normalized spacial score (nSPS) is 33.7. The predicted octanol–water partition coefficient (Wildman–Crippen LogP) is 1.34. The second kappa shape index (κ2) is 4.76. The number of carbonyl (C=O) groups excluding carboxylic acids is 2. The maximum atomic E-state index is 12.6. The van der Waals surface area contributed by atoms with Gasteiger partial charge < -0.3 is 14.5 Å². The lowest BCUT2D eigenvalue weighted by Crippen LogP contribution is -2.51. The molecule has 0 N–H and O–H groups in total. The lowest BCUT2D eigenvalue weighted by Gasteiger charge is -2.34. The van der Waals surface area contributed by atoms with Crippen molar-refractivity contribution in [1.29, 1.82) is 0 Å². The highest BCUT2D eigenvalue weighted by Gasteiger charge is 2.65. The maximum Gasteiger partial charge on any atom is 0.273 e. The van der Waals surface area contributed by atoms with Gasteiger partial charge in [0.1, 0.15) is 5.69 Å². The number of rotatable bonds is 2. The molecule has 0 aliphatic carbocycles. The van der Waals surface area contributed by atoms with Crippen LogP contribution < -0.4 is 0 Å². The van der Waals surface area contributed by atoms with Crippen molar-refractivity contribution >= 4 is 23.2 Å². The van der Waals surface area contributed by atoms with Crippen LogP contribution in [0, 0.1) is 5.92 Å². The van der Waals surface area contributed by atoms with Crippen LogP contribution in [0.15, 0.2) is 10.9 Å². The first-order valence-electron chi connectivity index (χ1n) is 7.70. The fourth-order valence-corrected chi connectivity index (χ4v) is 4.60. The molecule has 3 fully saturated rings. The van der Waals surface area contributed by atoms with Crippen LogP contribution in [-0.2, 0) is 9.53 Å². The molecule has 3 saturated heterocycles. The summed E-state index contributed by atoms with van der Waals surface area (Å²) in [6, 6.07) is -0.0650. The van der Waals surface area contributed by atoms with Gasteiger partial charge in [0.25, 0.3) is 5.91 Å². The molecule has 3 atom stereocenters. The van der Waals surface area contributed by atoms with E-state index >= 15 is 0 Å². The SMILES string of the molecule is CC(C)[C@@H]1CO[C@@]23CCN(C(=O)c4cscn4)[C@@H]2CC(=O)N13. The van der Waals surface area contributed by atoms with Crippen molar-refractivity contribution in [3.63, 3.8) is 0 Å². The number of thiazole rings is 1. The molecule has 0 bridgehead atoms. The molecule has 4 heterocycles. The van der Waals surface area contributed by atoms with Crippen LogP contribution >= 0.6 is 11.3 Å². The monoisotopic (exact) mass is 321 g/mol. The Morgan fingerprint density at radius 2 is 2.36 bits per heavy atom. The summed E-state index contributed by atoms with van der Waals surface area (Å²) in [7, 11) is 0. The Bertz CT molecular complexity index is 618. The number of aromatic nitrogens is 1. The zero-order valence-electron chi connectivity index (χ0n) is 12.7. The number of amides is 2. The minimum atomic E-state index is -0.600. The molecule has 3 aliphatic rings. The van der Waals surface area contributed by atoms with Crippen molar-refractivity contribution in [2.75, 3.05) is 13.2 Å². The number of hydrogen-bond donors (Lipinski definition) is 0. The molecular weight excluding hydrogens is 302 g/mol. The molecule has 1 aromatic rings. The molecule has 4 rings (SSSR count). The fourth-order valence-electron chi connectivity index (χ4n) is 4.08. The van der Waals surface area contributed by atoms with Gasteiger partial charge in [-0.1, -0.05) is 13.8 Å². The molecule has 0 saturated carbocycles. The predicted molar refractivity (Wildman–Crippen MR) is 80.3 cm³/mol. The minimum Gasteiger partial charge on any atom is -0.351 e. The van der Waals surface area contributed by atoms with Gasteiger partial charge in [-0.25, -0.2) is 4.98 Å². The van der Waals surface area contributed by atoms with Gasteiger partial charge in [0.15, 0.2) is 5.72 Å². The summed E-state index contributed by atoms with van der Waals surface area (Å²) >= 11 is 1.41. The molecule has 0 aromatic carbocycles. The molecule has 3 aliphatic heterocycles. The minimum absolute atomic E-state index is 0.0885. The van der Waals surface area contributed by atoms with E-state index in [1.165, 1.54) is 11.3 Å². The van der Waals surface area contributed by atoms with E-state index in [2.05, 4.69) is 18.8 Å². The Morgan fingerprint density at radius 3 is 3.05 bits per heavy atom. The van der Waals surface area contributed by atoms with E-state index in [9.17, 15) is 9.59 Å².